The first-order valence-electron chi connectivity index (χ1n) is 4.42. The van der Waals surface area contributed by atoms with Crippen molar-refractivity contribution in [3.63, 3.8) is 0 Å². The molecule has 0 radical (unpaired) electrons. The molecule has 0 aliphatic heterocycles. The summed E-state index contributed by atoms with van der Waals surface area (Å²) in [4.78, 5) is 14.4. The molecule has 0 aromatic carbocycles. The predicted octanol–water partition coefficient (Wildman–Crippen LogP) is 1.81. The maximum Gasteiger partial charge on any atom is 0.354 e. The average Bonchev–Trinajstić information content (AvgIpc) is 2.15. The normalized spacial score (nSPS) is 10.2. The van der Waals surface area contributed by atoms with Crippen LogP contribution in [0.25, 0.3) is 0 Å². The van der Waals surface area contributed by atoms with E-state index in [1.54, 1.807) is 12.1 Å². The van der Waals surface area contributed by atoms with Crippen LogP contribution in [0.3, 0.4) is 0 Å². The second kappa shape index (κ2) is 4.60. The Morgan fingerprint density at radius 3 is 2.86 bits per heavy atom. The summed E-state index contributed by atoms with van der Waals surface area (Å²) in [6.07, 6.45) is 0. The van der Waals surface area contributed by atoms with Crippen molar-refractivity contribution in [2.75, 3.05) is 6.61 Å². The van der Waals surface area contributed by atoms with E-state index >= 15 is 0 Å². The third-order valence-electron chi connectivity index (χ3n) is 1.51. The van der Waals surface area contributed by atoms with Crippen molar-refractivity contribution in [2.24, 2.45) is 5.92 Å². The first-order chi connectivity index (χ1) is 6.59. The number of hydrogen-bond donors (Lipinski definition) is 1. The van der Waals surface area contributed by atoms with Crippen molar-refractivity contribution < 1.29 is 14.6 Å². The SMILES string of the molecule is CC(C)COc1cccc(C(=O)O)n1. The summed E-state index contributed by atoms with van der Waals surface area (Å²) < 4.78 is 5.28. The molecule has 1 N–H and O–H groups in total. The van der Waals surface area contributed by atoms with E-state index in [9.17, 15) is 4.79 Å². The van der Waals surface area contributed by atoms with Crippen molar-refractivity contribution in [3.8, 4) is 5.88 Å². The monoisotopic (exact) mass is 195 g/mol. The molecule has 1 aromatic rings. The zero-order valence-electron chi connectivity index (χ0n) is 8.23. The number of aromatic carboxylic acids is 1. The van der Waals surface area contributed by atoms with Crippen LogP contribution in [0.15, 0.2) is 18.2 Å². The third kappa shape index (κ3) is 3.05. The molecular formula is C10H13NO3. The highest BCUT2D eigenvalue weighted by Crippen LogP contribution is 2.08. The van der Waals surface area contributed by atoms with Gasteiger partial charge in [0, 0.05) is 6.07 Å². The smallest absolute Gasteiger partial charge is 0.354 e. The van der Waals surface area contributed by atoms with E-state index in [1.807, 2.05) is 13.8 Å². The summed E-state index contributed by atoms with van der Waals surface area (Å²) >= 11 is 0. The molecule has 0 aliphatic carbocycles. The van der Waals surface area contributed by atoms with Gasteiger partial charge in [0.2, 0.25) is 5.88 Å². The van der Waals surface area contributed by atoms with Crippen LogP contribution in [0, 0.1) is 5.92 Å². The van der Waals surface area contributed by atoms with Crippen LogP contribution in [0.1, 0.15) is 24.3 Å². The summed E-state index contributed by atoms with van der Waals surface area (Å²) in [5.41, 5.74) is 0.00579. The minimum atomic E-state index is -1.04. The molecule has 0 spiro atoms. The molecule has 0 aliphatic rings. The van der Waals surface area contributed by atoms with Crippen LogP contribution in [0.2, 0.25) is 0 Å². The molecule has 0 saturated carbocycles. The molecule has 1 heterocycles. The fourth-order valence-electron chi connectivity index (χ4n) is 0.866. The van der Waals surface area contributed by atoms with Crippen molar-refractivity contribution in [2.45, 2.75) is 13.8 Å². The lowest BCUT2D eigenvalue weighted by Crippen LogP contribution is -2.07. The summed E-state index contributed by atoms with van der Waals surface area (Å²) in [6, 6.07) is 4.70. The maximum absolute atomic E-state index is 10.6. The standard InChI is InChI=1S/C10H13NO3/c1-7(2)6-14-9-5-3-4-8(11-9)10(12)13/h3-5,7H,6H2,1-2H3,(H,12,13). The van der Waals surface area contributed by atoms with Crippen LogP contribution < -0.4 is 4.74 Å². The fraction of sp³-hybridized carbons (Fsp3) is 0.400. The lowest BCUT2D eigenvalue weighted by atomic mass is 10.2. The minimum absolute atomic E-state index is 0.00579. The number of carboxylic acid groups (broad SMARTS) is 1. The molecule has 0 atom stereocenters. The Morgan fingerprint density at radius 2 is 2.29 bits per heavy atom. The largest absolute Gasteiger partial charge is 0.477 e. The molecule has 1 aromatic heterocycles. The molecule has 0 unspecified atom stereocenters. The second-order valence-corrected chi connectivity index (χ2v) is 3.37. The molecule has 0 saturated heterocycles. The van der Waals surface area contributed by atoms with E-state index in [0.717, 1.165) is 0 Å². The number of ether oxygens (including phenoxy) is 1. The minimum Gasteiger partial charge on any atom is -0.477 e. The van der Waals surface area contributed by atoms with Gasteiger partial charge >= 0.3 is 5.97 Å². The highest BCUT2D eigenvalue weighted by Gasteiger charge is 2.05. The lowest BCUT2D eigenvalue weighted by molar-refractivity contribution is 0.0689. The number of aromatic nitrogens is 1. The van der Waals surface area contributed by atoms with Crippen molar-refractivity contribution in [1.29, 1.82) is 0 Å². The van der Waals surface area contributed by atoms with Crippen LogP contribution in [-0.2, 0) is 0 Å². The highest BCUT2D eigenvalue weighted by atomic mass is 16.5. The molecule has 76 valence electrons. The van der Waals surface area contributed by atoms with Crippen molar-refractivity contribution in [1.82, 2.24) is 4.98 Å². The van der Waals surface area contributed by atoms with Gasteiger partial charge in [0.1, 0.15) is 0 Å². The predicted molar refractivity (Wildman–Crippen MR) is 51.5 cm³/mol. The molecular weight excluding hydrogens is 182 g/mol. The fourth-order valence-corrected chi connectivity index (χ4v) is 0.866. The van der Waals surface area contributed by atoms with Gasteiger partial charge in [-0.25, -0.2) is 9.78 Å². The van der Waals surface area contributed by atoms with Crippen LogP contribution in [-0.4, -0.2) is 22.7 Å². The first-order valence-corrected chi connectivity index (χ1v) is 4.42. The Morgan fingerprint density at radius 1 is 1.57 bits per heavy atom. The van der Waals surface area contributed by atoms with E-state index in [1.165, 1.54) is 6.07 Å². The van der Waals surface area contributed by atoms with E-state index in [-0.39, 0.29) is 5.69 Å². The Hall–Kier alpha value is -1.58. The molecule has 0 amide bonds. The van der Waals surface area contributed by atoms with Crippen molar-refractivity contribution in [3.05, 3.63) is 23.9 Å². The number of hydrogen-bond acceptors (Lipinski definition) is 3. The van der Waals surface area contributed by atoms with Gasteiger partial charge in [-0.15, -0.1) is 0 Å². The van der Waals surface area contributed by atoms with Gasteiger partial charge < -0.3 is 9.84 Å². The molecule has 4 heteroatoms. The van der Waals surface area contributed by atoms with Crippen LogP contribution >= 0.6 is 0 Å². The Labute approximate surface area is 82.5 Å². The first kappa shape index (κ1) is 10.5. The number of pyridine rings is 1. The number of carboxylic acids is 1. The van der Waals surface area contributed by atoms with Crippen LogP contribution in [0.4, 0.5) is 0 Å². The number of rotatable bonds is 4. The molecule has 0 bridgehead atoms. The summed E-state index contributed by atoms with van der Waals surface area (Å²) in [6.45, 7) is 4.57. The summed E-state index contributed by atoms with van der Waals surface area (Å²) in [5, 5.41) is 8.67. The molecule has 1 rings (SSSR count). The van der Waals surface area contributed by atoms with E-state index in [2.05, 4.69) is 4.98 Å². The lowest BCUT2D eigenvalue weighted by Gasteiger charge is -2.07. The maximum atomic E-state index is 10.6. The third-order valence-corrected chi connectivity index (χ3v) is 1.51. The summed E-state index contributed by atoms with van der Waals surface area (Å²) in [7, 11) is 0. The van der Waals surface area contributed by atoms with E-state index in [4.69, 9.17) is 9.84 Å². The van der Waals surface area contributed by atoms with Crippen LogP contribution in [0.5, 0.6) is 5.88 Å². The van der Waals surface area contributed by atoms with Gasteiger partial charge in [-0.1, -0.05) is 19.9 Å². The van der Waals surface area contributed by atoms with Gasteiger partial charge in [0.25, 0.3) is 0 Å². The number of carbonyl (C=O) groups is 1. The quantitative estimate of drug-likeness (QED) is 0.796. The zero-order valence-corrected chi connectivity index (χ0v) is 8.23. The highest BCUT2D eigenvalue weighted by molar-refractivity contribution is 5.85. The second-order valence-electron chi connectivity index (χ2n) is 3.37. The van der Waals surface area contributed by atoms with Gasteiger partial charge in [0.05, 0.1) is 6.61 Å². The topological polar surface area (TPSA) is 59.4 Å². The molecule has 14 heavy (non-hydrogen) atoms. The Kier molecular flexibility index (Phi) is 3.45. The molecule has 0 fully saturated rings. The van der Waals surface area contributed by atoms with Gasteiger partial charge in [-0.05, 0) is 12.0 Å². The molecule has 4 nitrogen and oxygen atoms in total. The Balaban J connectivity index is 2.69. The van der Waals surface area contributed by atoms with Gasteiger partial charge in [0.15, 0.2) is 5.69 Å². The van der Waals surface area contributed by atoms with E-state index in [0.29, 0.717) is 18.4 Å². The van der Waals surface area contributed by atoms with Crippen molar-refractivity contribution >= 4 is 5.97 Å². The average molecular weight is 195 g/mol. The summed E-state index contributed by atoms with van der Waals surface area (Å²) in [5.74, 6) is -0.288. The van der Waals surface area contributed by atoms with Gasteiger partial charge in [-0.2, -0.15) is 0 Å². The zero-order chi connectivity index (χ0) is 10.6. The Bertz CT molecular complexity index is 323. The van der Waals surface area contributed by atoms with E-state index < -0.39 is 5.97 Å². The van der Waals surface area contributed by atoms with Gasteiger partial charge in [-0.3, -0.25) is 0 Å². The number of nitrogens with zero attached hydrogens (tertiary/aromatic N) is 1.